The van der Waals surface area contributed by atoms with E-state index in [1.54, 1.807) is 6.92 Å². The standard InChI is InChI=1S/C19H25N3O5S/c1-4-27-19(24)17-12-22(28(25,26)21-15(17)3)13-18(23)20-14(2)10-11-16-8-6-5-7-9-16/h5-9,12,14H,4,10-11,13H2,1-3H3,(H,20,23). The van der Waals surface area contributed by atoms with Gasteiger partial charge in [0.1, 0.15) is 6.54 Å². The Balaban J connectivity index is 1.98. The first-order chi connectivity index (χ1) is 13.2. The number of benzene rings is 1. The van der Waals surface area contributed by atoms with Gasteiger partial charge in [0.05, 0.1) is 17.9 Å². The van der Waals surface area contributed by atoms with Gasteiger partial charge in [0, 0.05) is 12.2 Å². The molecule has 1 unspecified atom stereocenters. The average Bonchev–Trinajstić information content (AvgIpc) is 2.62. The Bertz CT molecular complexity index is 878. The predicted molar refractivity (Wildman–Crippen MR) is 106 cm³/mol. The first-order valence-electron chi connectivity index (χ1n) is 9.04. The van der Waals surface area contributed by atoms with Crippen molar-refractivity contribution in [2.45, 2.75) is 39.7 Å². The molecule has 0 saturated heterocycles. The Morgan fingerprint density at radius 2 is 1.93 bits per heavy atom. The van der Waals surface area contributed by atoms with Crippen molar-refractivity contribution >= 4 is 27.8 Å². The molecule has 1 aromatic rings. The van der Waals surface area contributed by atoms with Crippen molar-refractivity contribution in [1.29, 1.82) is 0 Å². The van der Waals surface area contributed by atoms with Gasteiger partial charge in [-0.1, -0.05) is 30.3 Å². The molecule has 1 aromatic carbocycles. The summed E-state index contributed by atoms with van der Waals surface area (Å²) < 4.78 is 33.6. The average molecular weight is 407 g/mol. The van der Waals surface area contributed by atoms with Gasteiger partial charge in [0.25, 0.3) is 0 Å². The van der Waals surface area contributed by atoms with E-state index in [0.29, 0.717) is 6.42 Å². The molecule has 0 radical (unpaired) electrons. The second kappa shape index (κ2) is 9.50. The fourth-order valence-electron chi connectivity index (χ4n) is 2.68. The highest BCUT2D eigenvalue weighted by Gasteiger charge is 2.30. The van der Waals surface area contributed by atoms with Crippen molar-refractivity contribution in [2.75, 3.05) is 13.2 Å². The number of esters is 1. The Labute approximate surface area is 165 Å². The van der Waals surface area contributed by atoms with Gasteiger partial charge in [0.15, 0.2) is 0 Å². The van der Waals surface area contributed by atoms with E-state index < -0.39 is 28.6 Å². The quantitative estimate of drug-likeness (QED) is 0.659. The zero-order valence-corrected chi connectivity index (χ0v) is 17.0. The highest BCUT2D eigenvalue weighted by Crippen LogP contribution is 2.17. The lowest BCUT2D eigenvalue weighted by Gasteiger charge is -2.23. The molecule has 1 N–H and O–H groups in total. The number of rotatable bonds is 8. The molecule has 1 aliphatic rings. The second-order valence-corrected chi connectivity index (χ2v) is 8.00. The number of aryl methyl sites for hydroxylation is 1. The fourth-order valence-corrected chi connectivity index (χ4v) is 3.75. The Hall–Kier alpha value is -2.68. The van der Waals surface area contributed by atoms with Crippen molar-refractivity contribution in [3.8, 4) is 0 Å². The molecule has 0 aromatic heterocycles. The number of hydrogen-bond acceptors (Lipinski definition) is 5. The van der Waals surface area contributed by atoms with Crippen LogP contribution in [0.5, 0.6) is 0 Å². The lowest BCUT2D eigenvalue weighted by Crippen LogP contribution is -2.42. The van der Waals surface area contributed by atoms with E-state index in [1.165, 1.54) is 6.92 Å². The molecule has 152 valence electrons. The maximum absolute atomic E-state index is 12.3. The van der Waals surface area contributed by atoms with Crippen LogP contribution in [0.3, 0.4) is 0 Å². The van der Waals surface area contributed by atoms with Gasteiger partial charge in [-0.3, -0.25) is 4.79 Å². The summed E-state index contributed by atoms with van der Waals surface area (Å²) in [6.07, 6.45) is 2.61. The molecule has 0 aliphatic carbocycles. The third-order valence-electron chi connectivity index (χ3n) is 4.12. The van der Waals surface area contributed by atoms with Gasteiger partial charge in [-0.05, 0) is 39.2 Å². The Kier molecular flexibility index (Phi) is 7.33. The zero-order chi connectivity index (χ0) is 20.7. The summed E-state index contributed by atoms with van der Waals surface area (Å²) in [6, 6.07) is 9.73. The number of carbonyl (C=O) groups excluding carboxylic acids is 2. The molecule has 1 heterocycles. The molecule has 0 saturated carbocycles. The normalized spacial score (nSPS) is 16.6. The van der Waals surface area contributed by atoms with Crippen LogP contribution in [0, 0.1) is 0 Å². The van der Waals surface area contributed by atoms with E-state index >= 15 is 0 Å². The van der Waals surface area contributed by atoms with Crippen molar-refractivity contribution in [3.05, 3.63) is 47.7 Å². The topological polar surface area (TPSA) is 105 Å². The van der Waals surface area contributed by atoms with Crippen LogP contribution in [0.15, 0.2) is 46.5 Å². The highest BCUT2D eigenvalue weighted by atomic mass is 32.2. The first kappa shape index (κ1) is 21.6. The molecule has 0 spiro atoms. The van der Waals surface area contributed by atoms with Crippen molar-refractivity contribution in [3.63, 3.8) is 0 Å². The lowest BCUT2D eigenvalue weighted by atomic mass is 10.1. The number of carbonyl (C=O) groups is 2. The van der Waals surface area contributed by atoms with E-state index in [0.717, 1.165) is 22.5 Å². The third-order valence-corrected chi connectivity index (χ3v) is 5.45. The molecule has 28 heavy (non-hydrogen) atoms. The van der Waals surface area contributed by atoms with Gasteiger partial charge in [-0.25, -0.2) is 9.10 Å². The maximum atomic E-state index is 12.3. The number of amides is 1. The maximum Gasteiger partial charge on any atom is 0.344 e. The smallest absolute Gasteiger partial charge is 0.344 e. The summed E-state index contributed by atoms with van der Waals surface area (Å²) in [6.45, 7) is 4.59. The van der Waals surface area contributed by atoms with Crippen LogP contribution in [0.1, 0.15) is 32.8 Å². The van der Waals surface area contributed by atoms with E-state index in [4.69, 9.17) is 4.74 Å². The highest BCUT2D eigenvalue weighted by molar-refractivity contribution is 7.88. The van der Waals surface area contributed by atoms with Crippen LogP contribution in [0.4, 0.5) is 0 Å². The number of nitrogens with one attached hydrogen (secondary N) is 1. The molecular weight excluding hydrogens is 382 g/mol. The van der Waals surface area contributed by atoms with Crippen LogP contribution in [-0.4, -0.2) is 49.5 Å². The summed E-state index contributed by atoms with van der Waals surface area (Å²) in [5.74, 6) is -1.15. The molecule has 1 amide bonds. The van der Waals surface area contributed by atoms with Gasteiger partial charge in [-0.15, -0.1) is 4.40 Å². The molecule has 8 nitrogen and oxygen atoms in total. The molecule has 9 heteroatoms. The van der Waals surface area contributed by atoms with Crippen LogP contribution in [-0.2, 0) is 31.0 Å². The molecule has 2 rings (SSSR count). The molecule has 1 atom stereocenters. The van der Waals surface area contributed by atoms with Crippen LogP contribution < -0.4 is 5.32 Å². The van der Waals surface area contributed by atoms with Crippen molar-refractivity contribution in [2.24, 2.45) is 4.40 Å². The van der Waals surface area contributed by atoms with Gasteiger partial charge < -0.3 is 10.1 Å². The summed E-state index contributed by atoms with van der Waals surface area (Å²) >= 11 is 0. The molecule has 1 aliphatic heterocycles. The van der Waals surface area contributed by atoms with Gasteiger partial charge in [0.2, 0.25) is 5.91 Å². The van der Waals surface area contributed by atoms with Gasteiger partial charge in [-0.2, -0.15) is 8.42 Å². The van der Waals surface area contributed by atoms with E-state index in [2.05, 4.69) is 9.71 Å². The predicted octanol–water partition coefficient (Wildman–Crippen LogP) is 1.59. The minimum Gasteiger partial charge on any atom is -0.462 e. The minimum atomic E-state index is -4.06. The van der Waals surface area contributed by atoms with E-state index in [9.17, 15) is 18.0 Å². The summed E-state index contributed by atoms with van der Waals surface area (Å²) in [5.41, 5.74) is 1.21. The Morgan fingerprint density at radius 3 is 2.57 bits per heavy atom. The monoisotopic (exact) mass is 407 g/mol. The lowest BCUT2D eigenvalue weighted by molar-refractivity contribution is -0.138. The minimum absolute atomic E-state index is 0.0154. The van der Waals surface area contributed by atoms with Gasteiger partial charge >= 0.3 is 16.2 Å². The number of hydrogen-bond donors (Lipinski definition) is 1. The van der Waals surface area contributed by atoms with Crippen LogP contribution in [0.2, 0.25) is 0 Å². The second-order valence-electron chi connectivity index (χ2n) is 6.46. The molecule has 0 fully saturated rings. The Morgan fingerprint density at radius 1 is 1.25 bits per heavy atom. The number of ether oxygens (including phenoxy) is 1. The first-order valence-corrected chi connectivity index (χ1v) is 10.4. The third kappa shape index (κ3) is 5.91. The summed E-state index contributed by atoms with van der Waals surface area (Å²) in [4.78, 5) is 24.2. The van der Waals surface area contributed by atoms with E-state index in [1.807, 2.05) is 37.3 Å². The summed E-state index contributed by atoms with van der Waals surface area (Å²) in [5, 5.41) is 2.78. The summed E-state index contributed by atoms with van der Waals surface area (Å²) in [7, 11) is -4.06. The fraction of sp³-hybridized carbons (Fsp3) is 0.421. The van der Waals surface area contributed by atoms with Crippen molar-refractivity contribution < 1.29 is 22.7 Å². The molecule has 0 bridgehead atoms. The van der Waals surface area contributed by atoms with Crippen LogP contribution >= 0.6 is 0 Å². The number of nitrogens with zero attached hydrogens (tertiary/aromatic N) is 2. The molecular formula is C19H25N3O5S. The zero-order valence-electron chi connectivity index (χ0n) is 16.2. The largest absolute Gasteiger partial charge is 0.462 e. The van der Waals surface area contributed by atoms with Crippen LogP contribution in [0.25, 0.3) is 0 Å². The van der Waals surface area contributed by atoms with Crippen molar-refractivity contribution in [1.82, 2.24) is 9.62 Å². The van der Waals surface area contributed by atoms with E-state index in [-0.39, 0.29) is 23.9 Å². The SMILES string of the molecule is CCOC(=O)C1=CN(CC(=O)NC(C)CCc2ccccc2)S(=O)(=O)N=C1C.